The van der Waals surface area contributed by atoms with Crippen molar-refractivity contribution < 1.29 is 22.4 Å². The lowest BCUT2D eigenvalue weighted by atomic mass is 10.1. The molecule has 2 amide bonds. The lowest BCUT2D eigenvalue weighted by Gasteiger charge is -2.31. The summed E-state index contributed by atoms with van der Waals surface area (Å²) in [6.07, 6.45) is 1.02. The van der Waals surface area contributed by atoms with Crippen molar-refractivity contribution in [3.05, 3.63) is 65.5 Å². The first-order valence-corrected chi connectivity index (χ1v) is 11.2. The van der Waals surface area contributed by atoms with Gasteiger partial charge in [0.15, 0.2) is 0 Å². The van der Waals surface area contributed by atoms with E-state index in [1.807, 2.05) is 13.0 Å². The molecule has 0 radical (unpaired) electrons. The summed E-state index contributed by atoms with van der Waals surface area (Å²) in [6.45, 7) is 2.93. The fraction of sp³-hybridized carbons (Fsp3) is 0.333. The van der Waals surface area contributed by atoms with E-state index in [2.05, 4.69) is 5.32 Å². The van der Waals surface area contributed by atoms with Crippen LogP contribution in [0.15, 0.2) is 48.5 Å². The van der Waals surface area contributed by atoms with Gasteiger partial charge in [-0.2, -0.15) is 0 Å². The van der Waals surface area contributed by atoms with Crippen LogP contribution < -0.4 is 9.62 Å². The van der Waals surface area contributed by atoms with Gasteiger partial charge in [0.2, 0.25) is 21.8 Å². The number of likely N-dealkylation sites (N-methyl/N-ethyl adjacent to an activating group) is 1. The van der Waals surface area contributed by atoms with Crippen molar-refractivity contribution >= 4 is 27.5 Å². The standard InChI is InChI=1S/C21H26FN3O4S/c1-15-6-5-7-19(12-15)25(30(4,28)29)14-20(26)24(16(2)21(27)23-3)13-17-8-10-18(22)11-9-17/h5-12,16H,13-14H2,1-4H3,(H,23,27). The van der Waals surface area contributed by atoms with E-state index >= 15 is 0 Å². The number of hydrogen-bond donors (Lipinski definition) is 1. The molecule has 0 fully saturated rings. The molecule has 0 aliphatic rings. The Hall–Kier alpha value is -2.94. The quantitative estimate of drug-likeness (QED) is 0.688. The van der Waals surface area contributed by atoms with Gasteiger partial charge >= 0.3 is 0 Å². The summed E-state index contributed by atoms with van der Waals surface area (Å²) in [6, 6.07) is 11.5. The van der Waals surface area contributed by atoms with Crippen LogP contribution in [0.5, 0.6) is 0 Å². The minimum atomic E-state index is -3.76. The molecule has 0 aromatic heterocycles. The molecule has 1 unspecified atom stereocenters. The van der Waals surface area contributed by atoms with Crippen LogP contribution in [0.2, 0.25) is 0 Å². The number of anilines is 1. The Morgan fingerprint density at radius 1 is 1.13 bits per heavy atom. The first kappa shape index (κ1) is 23.3. The maximum Gasteiger partial charge on any atom is 0.244 e. The molecule has 7 nitrogen and oxygen atoms in total. The van der Waals surface area contributed by atoms with Gasteiger partial charge in [-0.05, 0) is 49.2 Å². The van der Waals surface area contributed by atoms with Crippen LogP contribution in [0.1, 0.15) is 18.1 Å². The summed E-state index contributed by atoms with van der Waals surface area (Å²) in [4.78, 5) is 26.6. The second-order valence-electron chi connectivity index (χ2n) is 7.05. The SMILES string of the molecule is CNC(=O)C(C)N(Cc1ccc(F)cc1)C(=O)CN(c1cccc(C)c1)S(C)(=O)=O. The molecule has 2 aromatic carbocycles. The van der Waals surface area contributed by atoms with Gasteiger partial charge in [-0.3, -0.25) is 13.9 Å². The number of nitrogens with one attached hydrogen (secondary N) is 1. The summed E-state index contributed by atoms with van der Waals surface area (Å²) in [5, 5.41) is 2.49. The number of carbonyl (C=O) groups excluding carboxylic acids is 2. The van der Waals surface area contributed by atoms with E-state index in [-0.39, 0.29) is 6.54 Å². The highest BCUT2D eigenvalue weighted by Gasteiger charge is 2.29. The van der Waals surface area contributed by atoms with Crippen LogP contribution in [0, 0.1) is 12.7 Å². The van der Waals surface area contributed by atoms with Crippen LogP contribution in [-0.2, 0) is 26.2 Å². The molecule has 1 N–H and O–H groups in total. The highest BCUT2D eigenvalue weighted by molar-refractivity contribution is 7.92. The van der Waals surface area contributed by atoms with Crippen molar-refractivity contribution in [1.82, 2.24) is 10.2 Å². The second-order valence-corrected chi connectivity index (χ2v) is 8.95. The Balaban J connectivity index is 2.36. The second kappa shape index (κ2) is 9.71. The van der Waals surface area contributed by atoms with Crippen LogP contribution in [0.25, 0.3) is 0 Å². The van der Waals surface area contributed by atoms with Gasteiger partial charge in [-0.1, -0.05) is 24.3 Å². The maximum atomic E-state index is 13.2. The van der Waals surface area contributed by atoms with E-state index in [0.29, 0.717) is 11.3 Å². The molecule has 30 heavy (non-hydrogen) atoms. The molecule has 9 heteroatoms. The van der Waals surface area contributed by atoms with Crippen molar-refractivity contribution in [2.45, 2.75) is 26.4 Å². The van der Waals surface area contributed by atoms with E-state index < -0.39 is 40.2 Å². The zero-order valence-corrected chi connectivity index (χ0v) is 18.2. The Morgan fingerprint density at radius 3 is 2.30 bits per heavy atom. The van der Waals surface area contributed by atoms with Crippen LogP contribution in [0.4, 0.5) is 10.1 Å². The van der Waals surface area contributed by atoms with Crippen molar-refractivity contribution in [3.63, 3.8) is 0 Å². The van der Waals surface area contributed by atoms with Crippen molar-refractivity contribution in [2.24, 2.45) is 0 Å². The third kappa shape index (κ3) is 6.03. The predicted molar refractivity (Wildman–Crippen MR) is 114 cm³/mol. The molecule has 1 atom stereocenters. The molecule has 162 valence electrons. The van der Waals surface area contributed by atoms with Crippen LogP contribution >= 0.6 is 0 Å². The monoisotopic (exact) mass is 435 g/mol. The zero-order valence-electron chi connectivity index (χ0n) is 17.4. The third-order valence-electron chi connectivity index (χ3n) is 4.65. The number of sulfonamides is 1. The number of hydrogen-bond acceptors (Lipinski definition) is 4. The smallest absolute Gasteiger partial charge is 0.244 e. The number of halogens is 1. The number of aryl methyl sites for hydroxylation is 1. The average Bonchev–Trinajstić information content (AvgIpc) is 2.69. The van der Waals surface area contributed by atoms with Gasteiger partial charge in [0.05, 0.1) is 11.9 Å². The topological polar surface area (TPSA) is 86.8 Å². The molecule has 0 heterocycles. The van der Waals surface area contributed by atoms with E-state index in [9.17, 15) is 22.4 Å². The fourth-order valence-corrected chi connectivity index (χ4v) is 3.82. The van der Waals surface area contributed by atoms with Gasteiger partial charge in [0.1, 0.15) is 18.4 Å². The Bertz CT molecular complexity index is 1010. The van der Waals surface area contributed by atoms with Gasteiger partial charge < -0.3 is 10.2 Å². The summed E-state index contributed by atoms with van der Waals surface area (Å²) < 4.78 is 39.0. The van der Waals surface area contributed by atoms with Gasteiger partial charge in [0, 0.05) is 13.6 Å². The molecular weight excluding hydrogens is 409 g/mol. The molecule has 0 aliphatic carbocycles. The number of amides is 2. The average molecular weight is 436 g/mol. The molecule has 2 aromatic rings. The Morgan fingerprint density at radius 2 is 1.77 bits per heavy atom. The highest BCUT2D eigenvalue weighted by Crippen LogP contribution is 2.20. The zero-order chi connectivity index (χ0) is 22.5. The van der Waals surface area contributed by atoms with E-state index in [1.165, 1.54) is 36.2 Å². The molecule has 0 bridgehead atoms. The fourth-order valence-electron chi connectivity index (χ4n) is 2.97. The van der Waals surface area contributed by atoms with E-state index in [0.717, 1.165) is 16.1 Å². The lowest BCUT2D eigenvalue weighted by Crippen LogP contribution is -2.50. The minimum Gasteiger partial charge on any atom is -0.357 e. The van der Waals surface area contributed by atoms with E-state index in [1.54, 1.807) is 25.1 Å². The number of benzene rings is 2. The number of nitrogens with zero attached hydrogens (tertiary/aromatic N) is 2. The molecule has 0 aliphatic heterocycles. The molecule has 2 rings (SSSR count). The van der Waals surface area contributed by atoms with Crippen molar-refractivity contribution in [3.8, 4) is 0 Å². The Labute approximate surface area is 176 Å². The largest absolute Gasteiger partial charge is 0.357 e. The van der Waals surface area contributed by atoms with Gasteiger partial charge in [0.25, 0.3) is 0 Å². The molecule has 0 spiro atoms. The minimum absolute atomic E-state index is 0.0269. The van der Waals surface area contributed by atoms with Crippen LogP contribution in [0.3, 0.4) is 0 Å². The molecule has 0 saturated carbocycles. The van der Waals surface area contributed by atoms with Crippen LogP contribution in [-0.4, -0.2) is 51.0 Å². The normalized spacial score (nSPS) is 12.2. The summed E-state index contributed by atoms with van der Waals surface area (Å²) in [5.74, 6) is -1.37. The molecular formula is C21H26FN3O4S. The number of carbonyl (C=O) groups is 2. The third-order valence-corrected chi connectivity index (χ3v) is 5.79. The number of rotatable bonds is 8. The Kier molecular flexibility index (Phi) is 7.55. The van der Waals surface area contributed by atoms with Gasteiger partial charge in [-0.25, -0.2) is 12.8 Å². The van der Waals surface area contributed by atoms with E-state index in [4.69, 9.17) is 0 Å². The highest BCUT2D eigenvalue weighted by atomic mass is 32.2. The first-order valence-electron chi connectivity index (χ1n) is 9.33. The first-order chi connectivity index (χ1) is 14.0. The van der Waals surface area contributed by atoms with Gasteiger partial charge in [-0.15, -0.1) is 0 Å². The lowest BCUT2D eigenvalue weighted by molar-refractivity contribution is -0.139. The maximum absolute atomic E-state index is 13.2. The van der Waals surface area contributed by atoms with Crippen molar-refractivity contribution in [1.29, 1.82) is 0 Å². The summed E-state index contributed by atoms with van der Waals surface area (Å²) in [5.41, 5.74) is 1.82. The summed E-state index contributed by atoms with van der Waals surface area (Å²) >= 11 is 0. The van der Waals surface area contributed by atoms with Crippen molar-refractivity contribution in [2.75, 3.05) is 24.2 Å². The predicted octanol–water partition coefficient (Wildman–Crippen LogP) is 2.06. The summed E-state index contributed by atoms with van der Waals surface area (Å²) in [7, 11) is -2.30. The molecule has 0 saturated heterocycles.